The second-order valence-corrected chi connectivity index (χ2v) is 8.33. The lowest BCUT2D eigenvalue weighted by atomic mass is 10.2. The molecule has 3 heterocycles. The van der Waals surface area contributed by atoms with E-state index in [0.717, 1.165) is 26.4 Å². The molecule has 0 aliphatic heterocycles. The van der Waals surface area contributed by atoms with Crippen LogP contribution in [-0.4, -0.2) is 29.1 Å². The molecule has 4 rings (SSSR count). The Hall–Kier alpha value is -3.17. The van der Waals surface area contributed by atoms with Crippen molar-refractivity contribution in [1.29, 1.82) is 0 Å². The van der Waals surface area contributed by atoms with Crippen LogP contribution in [0.5, 0.6) is 5.75 Å². The minimum absolute atomic E-state index is 0.0788. The van der Waals surface area contributed by atoms with E-state index in [1.165, 1.54) is 22.7 Å². The number of aromatic nitrogens is 2. The van der Waals surface area contributed by atoms with E-state index in [9.17, 15) is 9.59 Å². The first-order valence-corrected chi connectivity index (χ1v) is 10.5. The predicted octanol–water partition coefficient (Wildman–Crippen LogP) is 3.81. The van der Waals surface area contributed by atoms with Crippen molar-refractivity contribution in [3.63, 3.8) is 0 Å². The van der Waals surface area contributed by atoms with Gasteiger partial charge in [0.05, 0.1) is 23.8 Å². The molecule has 0 radical (unpaired) electrons. The van der Waals surface area contributed by atoms with E-state index in [0.29, 0.717) is 17.2 Å². The standard InChI is InChI=1S/C20H18N4O3S2/c1-27-13-5-2-4-12(8-13)11-21-17(25)10-14-9-15-18(23-24-20(15)29-14)22-19(26)16-6-3-7-28-16/h2-9H,10-11H2,1H3,(H,21,25)(H2,22,23,24,26). The smallest absolute Gasteiger partial charge is 0.266 e. The summed E-state index contributed by atoms with van der Waals surface area (Å²) in [6.07, 6.45) is 0.253. The van der Waals surface area contributed by atoms with Crippen LogP contribution in [0.3, 0.4) is 0 Å². The van der Waals surface area contributed by atoms with Gasteiger partial charge in [-0.25, -0.2) is 0 Å². The summed E-state index contributed by atoms with van der Waals surface area (Å²) in [5.74, 6) is 1.03. The fourth-order valence-electron chi connectivity index (χ4n) is 2.83. The van der Waals surface area contributed by atoms with Crippen molar-refractivity contribution in [2.45, 2.75) is 13.0 Å². The number of nitrogens with zero attached hydrogens (tertiary/aromatic N) is 1. The van der Waals surface area contributed by atoms with Crippen LogP contribution in [0.15, 0.2) is 47.8 Å². The van der Waals surface area contributed by atoms with Crippen molar-refractivity contribution >= 4 is 50.5 Å². The van der Waals surface area contributed by atoms with Gasteiger partial charge < -0.3 is 15.4 Å². The fraction of sp³-hybridized carbons (Fsp3) is 0.150. The van der Waals surface area contributed by atoms with Crippen LogP contribution in [0.4, 0.5) is 5.82 Å². The number of nitrogens with one attached hydrogen (secondary N) is 3. The molecule has 148 valence electrons. The van der Waals surface area contributed by atoms with E-state index in [1.807, 2.05) is 41.8 Å². The number of anilines is 1. The van der Waals surface area contributed by atoms with Gasteiger partial charge >= 0.3 is 0 Å². The molecule has 0 aliphatic rings. The van der Waals surface area contributed by atoms with Gasteiger partial charge in [-0.05, 0) is 35.2 Å². The quantitative estimate of drug-likeness (QED) is 0.419. The van der Waals surface area contributed by atoms with Crippen LogP contribution in [-0.2, 0) is 17.8 Å². The van der Waals surface area contributed by atoms with Gasteiger partial charge in [-0.2, -0.15) is 5.10 Å². The first-order valence-electron chi connectivity index (χ1n) is 8.83. The van der Waals surface area contributed by atoms with Crippen molar-refractivity contribution in [3.8, 4) is 5.75 Å². The lowest BCUT2D eigenvalue weighted by Crippen LogP contribution is -2.24. The van der Waals surface area contributed by atoms with Crippen LogP contribution in [0.2, 0.25) is 0 Å². The number of ether oxygens (including phenoxy) is 1. The number of hydrogen-bond acceptors (Lipinski definition) is 6. The highest BCUT2D eigenvalue weighted by atomic mass is 32.1. The summed E-state index contributed by atoms with van der Waals surface area (Å²) < 4.78 is 5.19. The molecule has 0 unspecified atom stereocenters. The van der Waals surface area contributed by atoms with Gasteiger partial charge in [0, 0.05) is 11.4 Å². The van der Waals surface area contributed by atoms with Gasteiger partial charge in [0.2, 0.25) is 5.91 Å². The molecule has 0 saturated carbocycles. The second-order valence-electron chi connectivity index (χ2n) is 6.27. The van der Waals surface area contributed by atoms with Crippen LogP contribution < -0.4 is 15.4 Å². The number of aromatic amines is 1. The van der Waals surface area contributed by atoms with E-state index in [1.54, 1.807) is 13.2 Å². The number of thiophene rings is 2. The predicted molar refractivity (Wildman–Crippen MR) is 115 cm³/mol. The summed E-state index contributed by atoms with van der Waals surface area (Å²) in [5, 5.41) is 15.5. The lowest BCUT2D eigenvalue weighted by molar-refractivity contribution is -0.120. The molecule has 1 aromatic carbocycles. The second kappa shape index (κ2) is 8.46. The fourth-order valence-corrected chi connectivity index (χ4v) is 4.44. The van der Waals surface area contributed by atoms with Gasteiger partial charge in [-0.15, -0.1) is 22.7 Å². The zero-order chi connectivity index (χ0) is 20.2. The molecule has 0 spiro atoms. The summed E-state index contributed by atoms with van der Waals surface area (Å²) in [6, 6.07) is 13.1. The number of fused-ring (bicyclic) bond motifs is 1. The molecular weight excluding hydrogens is 408 g/mol. The average Bonchev–Trinajstić information content (AvgIpc) is 3.46. The molecule has 0 atom stereocenters. The van der Waals surface area contributed by atoms with Gasteiger partial charge in [-0.1, -0.05) is 18.2 Å². The number of amides is 2. The zero-order valence-electron chi connectivity index (χ0n) is 15.5. The highest BCUT2D eigenvalue weighted by Crippen LogP contribution is 2.30. The molecule has 3 aromatic heterocycles. The number of H-pyrrole nitrogens is 1. The molecule has 0 aliphatic carbocycles. The van der Waals surface area contributed by atoms with Gasteiger partial charge in [0.1, 0.15) is 16.4 Å². The first kappa shape index (κ1) is 19.2. The van der Waals surface area contributed by atoms with Crippen LogP contribution in [0.1, 0.15) is 20.1 Å². The van der Waals surface area contributed by atoms with Crippen molar-refractivity contribution < 1.29 is 14.3 Å². The normalized spacial score (nSPS) is 10.8. The Morgan fingerprint density at radius 1 is 1.21 bits per heavy atom. The molecular formula is C20H18N4O3S2. The van der Waals surface area contributed by atoms with Crippen molar-refractivity contribution in [3.05, 3.63) is 63.2 Å². The Labute approximate surface area is 174 Å². The minimum atomic E-state index is -0.186. The molecule has 29 heavy (non-hydrogen) atoms. The van der Waals surface area contributed by atoms with Crippen LogP contribution in [0.25, 0.3) is 10.2 Å². The van der Waals surface area contributed by atoms with Gasteiger partial charge in [-0.3, -0.25) is 14.7 Å². The van der Waals surface area contributed by atoms with E-state index in [2.05, 4.69) is 20.8 Å². The maximum atomic E-state index is 12.3. The topological polar surface area (TPSA) is 96.1 Å². The largest absolute Gasteiger partial charge is 0.497 e. The number of hydrogen-bond donors (Lipinski definition) is 3. The maximum absolute atomic E-state index is 12.3. The number of carbonyl (C=O) groups excluding carboxylic acids is 2. The molecule has 3 N–H and O–H groups in total. The SMILES string of the molecule is COc1cccc(CNC(=O)Cc2cc3c(NC(=O)c4cccs4)[nH]nc3s2)c1. The lowest BCUT2D eigenvalue weighted by Gasteiger charge is -2.06. The number of benzene rings is 1. The molecule has 0 bridgehead atoms. The van der Waals surface area contributed by atoms with E-state index >= 15 is 0 Å². The Morgan fingerprint density at radius 3 is 2.90 bits per heavy atom. The molecule has 0 saturated heterocycles. The molecule has 2 amide bonds. The Balaban J connectivity index is 1.38. The van der Waals surface area contributed by atoms with Gasteiger partial charge in [0.25, 0.3) is 5.91 Å². The van der Waals surface area contributed by atoms with Crippen LogP contribution in [0, 0.1) is 0 Å². The van der Waals surface area contributed by atoms with Crippen molar-refractivity contribution in [2.24, 2.45) is 0 Å². The number of carbonyl (C=O) groups is 2. The third kappa shape index (κ3) is 4.47. The number of rotatable bonds is 7. The zero-order valence-corrected chi connectivity index (χ0v) is 17.2. The van der Waals surface area contributed by atoms with Crippen LogP contribution >= 0.6 is 22.7 Å². The van der Waals surface area contributed by atoms with Crippen molar-refractivity contribution in [1.82, 2.24) is 15.5 Å². The molecule has 9 heteroatoms. The highest BCUT2D eigenvalue weighted by Gasteiger charge is 2.15. The number of methoxy groups -OCH3 is 1. The molecule has 7 nitrogen and oxygen atoms in total. The average molecular weight is 427 g/mol. The summed E-state index contributed by atoms with van der Waals surface area (Å²) in [7, 11) is 1.61. The molecule has 0 fully saturated rings. The van der Waals surface area contributed by atoms with E-state index in [-0.39, 0.29) is 18.2 Å². The first-order chi connectivity index (χ1) is 14.1. The van der Waals surface area contributed by atoms with Crippen molar-refractivity contribution in [2.75, 3.05) is 12.4 Å². The highest BCUT2D eigenvalue weighted by molar-refractivity contribution is 7.18. The maximum Gasteiger partial charge on any atom is 0.266 e. The minimum Gasteiger partial charge on any atom is -0.497 e. The monoisotopic (exact) mass is 426 g/mol. The summed E-state index contributed by atoms with van der Waals surface area (Å²) in [5.41, 5.74) is 0.970. The van der Waals surface area contributed by atoms with E-state index in [4.69, 9.17) is 4.74 Å². The summed E-state index contributed by atoms with van der Waals surface area (Å²) >= 11 is 2.80. The van der Waals surface area contributed by atoms with Gasteiger partial charge in [0.15, 0.2) is 0 Å². The summed E-state index contributed by atoms with van der Waals surface area (Å²) in [6.45, 7) is 0.432. The van der Waals surface area contributed by atoms with E-state index < -0.39 is 0 Å². The Bertz CT molecular complexity index is 1150. The molecule has 4 aromatic rings. The Kier molecular flexibility index (Phi) is 5.59. The third-order valence-corrected chi connectivity index (χ3v) is 6.14. The summed E-state index contributed by atoms with van der Waals surface area (Å²) in [4.78, 5) is 26.8. The Morgan fingerprint density at radius 2 is 2.10 bits per heavy atom. The third-order valence-electron chi connectivity index (χ3n) is 4.24.